The summed E-state index contributed by atoms with van der Waals surface area (Å²) in [5.74, 6) is -0.212. The molecule has 0 aliphatic carbocycles. The number of fused-ring (bicyclic) bond motifs is 1. The molecule has 0 aliphatic heterocycles. The fourth-order valence-electron chi connectivity index (χ4n) is 2.19. The van der Waals surface area contributed by atoms with Gasteiger partial charge in [-0.15, -0.1) is 0 Å². The third kappa shape index (κ3) is 2.51. The van der Waals surface area contributed by atoms with Crippen molar-refractivity contribution in [2.45, 2.75) is 19.9 Å². The molecule has 0 amide bonds. The van der Waals surface area contributed by atoms with E-state index in [1.165, 1.54) is 16.3 Å². The molecule has 2 aromatic carbocycles. The highest BCUT2D eigenvalue weighted by atomic mass is 32.1. The summed E-state index contributed by atoms with van der Waals surface area (Å²) in [6.07, 6.45) is 0. The molecular weight excluding hydrogens is 271 g/mol. The van der Waals surface area contributed by atoms with Crippen molar-refractivity contribution in [1.29, 1.82) is 0 Å². The Morgan fingerprint density at radius 1 is 1.20 bits per heavy atom. The van der Waals surface area contributed by atoms with Gasteiger partial charge < -0.3 is 5.32 Å². The van der Waals surface area contributed by atoms with E-state index < -0.39 is 0 Å². The molecule has 0 spiro atoms. The quantitative estimate of drug-likeness (QED) is 0.739. The molecule has 1 atom stereocenters. The number of hydrogen-bond donors (Lipinski definition) is 1. The van der Waals surface area contributed by atoms with Crippen molar-refractivity contribution in [2.75, 3.05) is 5.32 Å². The second kappa shape index (κ2) is 5.21. The number of benzene rings is 2. The summed E-state index contributed by atoms with van der Waals surface area (Å²) in [4.78, 5) is 4.61. The van der Waals surface area contributed by atoms with E-state index >= 15 is 0 Å². The number of aryl methyl sites for hydroxylation is 1. The molecule has 1 N–H and O–H groups in total. The predicted octanol–water partition coefficient (Wildman–Crippen LogP) is 4.92. The summed E-state index contributed by atoms with van der Waals surface area (Å²) >= 11 is 1.62. The van der Waals surface area contributed by atoms with Gasteiger partial charge in [0.1, 0.15) is 5.82 Å². The monoisotopic (exact) mass is 286 g/mol. The Balaban J connectivity index is 1.87. The molecule has 3 rings (SSSR count). The Kier molecular flexibility index (Phi) is 3.40. The fraction of sp³-hybridized carbons (Fsp3) is 0.188. The third-order valence-electron chi connectivity index (χ3n) is 3.31. The summed E-state index contributed by atoms with van der Waals surface area (Å²) in [5.41, 5.74) is 3.12. The molecule has 0 aliphatic rings. The molecule has 102 valence electrons. The molecule has 20 heavy (non-hydrogen) atoms. The summed E-state index contributed by atoms with van der Waals surface area (Å²) < 4.78 is 14.4. The van der Waals surface area contributed by atoms with Crippen molar-refractivity contribution in [2.24, 2.45) is 0 Å². The average Bonchev–Trinajstić information content (AvgIpc) is 2.83. The van der Waals surface area contributed by atoms with E-state index in [-0.39, 0.29) is 11.9 Å². The number of hydrogen-bond acceptors (Lipinski definition) is 3. The zero-order valence-corrected chi connectivity index (χ0v) is 12.2. The maximum absolute atomic E-state index is 13.2. The number of aromatic nitrogens is 1. The van der Waals surface area contributed by atoms with Crippen LogP contribution in [0.1, 0.15) is 24.1 Å². The van der Waals surface area contributed by atoms with Crippen LogP contribution < -0.4 is 5.32 Å². The Morgan fingerprint density at radius 3 is 2.75 bits per heavy atom. The van der Waals surface area contributed by atoms with E-state index in [1.54, 1.807) is 23.5 Å². The van der Waals surface area contributed by atoms with E-state index in [9.17, 15) is 4.39 Å². The highest BCUT2D eigenvalue weighted by Crippen LogP contribution is 2.30. The van der Waals surface area contributed by atoms with Crippen LogP contribution in [0, 0.1) is 12.7 Å². The fourth-order valence-corrected chi connectivity index (χ4v) is 3.22. The number of halogens is 1. The lowest BCUT2D eigenvalue weighted by atomic mass is 10.1. The first-order valence-corrected chi connectivity index (χ1v) is 7.33. The van der Waals surface area contributed by atoms with Gasteiger partial charge in [0.15, 0.2) is 5.13 Å². The SMILES string of the molecule is Cc1cccc2sc(NC(C)c3cccc(F)c3)nc12. The molecule has 0 radical (unpaired) electrons. The number of thiazole rings is 1. The third-order valence-corrected chi connectivity index (χ3v) is 4.26. The van der Waals surface area contributed by atoms with Crippen molar-refractivity contribution in [3.63, 3.8) is 0 Å². The van der Waals surface area contributed by atoms with Gasteiger partial charge >= 0.3 is 0 Å². The Morgan fingerprint density at radius 2 is 2.00 bits per heavy atom. The highest BCUT2D eigenvalue weighted by Gasteiger charge is 2.10. The molecule has 0 saturated carbocycles. The minimum Gasteiger partial charge on any atom is -0.355 e. The van der Waals surface area contributed by atoms with Gasteiger partial charge in [0, 0.05) is 0 Å². The highest BCUT2D eigenvalue weighted by molar-refractivity contribution is 7.22. The van der Waals surface area contributed by atoms with Crippen LogP contribution >= 0.6 is 11.3 Å². The van der Waals surface area contributed by atoms with E-state index in [4.69, 9.17) is 0 Å². The molecule has 0 saturated heterocycles. The normalized spacial score (nSPS) is 12.6. The minimum atomic E-state index is -0.212. The van der Waals surface area contributed by atoms with Crippen LogP contribution in [0.25, 0.3) is 10.2 Å². The van der Waals surface area contributed by atoms with Crippen molar-refractivity contribution < 1.29 is 4.39 Å². The predicted molar refractivity (Wildman–Crippen MR) is 82.8 cm³/mol. The maximum atomic E-state index is 13.2. The van der Waals surface area contributed by atoms with Crippen LogP contribution in [0.3, 0.4) is 0 Å². The van der Waals surface area contributed by atoms with Gasteiger partial charge in [-0.25, -0.2) is 9.37 Å². The van der Waals surface area contributed by atoms with Gasteiger partial charge in [-0.05, 0) is 43.2 Å². The first-order valence-electron chi connectivity index (χ1n) is 6.51. The number of nitrogens with zero attached hydrogens (tertiary/aromatic N) is 1. The van der Waals surface area contributed by atoms with Gasteiger partial charge in [0.05, 0.1) is 16.3 Å². The smallest absolute Gasteiger partial charge is 0.184 e. The Labute approximate surface area is 121 Å². The largest absolute Gasteiger partial charge is 0.355 e. The number of para-hydroxylation sites is 1. The van der Waals surface area contributed by atoms with Crippen molar-refractivity contribution >= 4 is 26.7 Å². The summed E-state index contributed by atoms with van der Waals surface area (Å²) in [6, 6.07) is 12.8. The average molecular weight is 286 g/mol. The molecule has 2 nitrogen and oxygen atoms in total. The van der Waals surface area contributed by atoms with Gasteiger partial charge in [-0.1, -0.05) is 35.6 Å². The molecule has 1 heterocycles. The number of rotatable bonds is 3. The second-order valence-electron chi connectivity index (χ2n) is 4.86. The zero-order chi connectivity index (χ0) is 14.1. The first-order chi connectivity index (χ1) is 9.63. The maximum Gasteiger partial charge on any atom is 0.184 e. The Bertz CT molecular complexity index is 751. The standard InChI is InChI=1S/C16H15FN2S/c1-10-5-3-8-14-15(10)19-16(20-14)18-11(2)12-6-4-7-13(17)9-12/h3-9,11H,1-2H3,(H,18,19). The molecule has 4 heteroatoms. The van der Waals surface area contributed by atoms with E-state index in [0.29, 0.717) is 0 Å². The van der Waals surface area contributed by atoms with Crippen molar-refractivity contribution in [3.05, 3.63) is 59.4 Å². The molecular formula is C16H15FN2S. The lowest BCUT2D eigenvalue weighted by Crippen LogP contribution is -2.06. The minimum absolute atomic E-state index is 0.0200. The van der Waals surface area contributed by atoms with E-state index in [2.05, 4.69) is 29.4 Å². The Hall–Kier alpha value is -1.94. The van der Waals surface area contributed by atoms with E-state index in [0.717, 1.165) is 16.2 Å². The van der Waals surface area contributed by atoms with Crippen LogP contribution in [0.4, 0.5) is 9.52 Å². The summed E-state index contributed by atoms with van der Waals surface area (Å²) in [6.45, 7) is 4.07. The molecule has 1 unspecified atom stereocenters. The second-order valence-corrected chi connectivity index (χ2v) is 5.89. The molecule has 3 aromatic rings. The summed E-state index contributed by atoms with van der Waals surface area (Å²) in [7, 11) is 0. The summed E-state index contributed by atoms with van der Waals surface area (Å²) in [5, 5.41) is 4.21. The lowest BCUT2D eigenvalue weighted by Gasteiger charge is -2.13. The van der Waals surface area contributed by atoms with E-state index in [1.807, 2.05) is 19.1 Å². The lowest BCUT2D eigenvalue weighted by molar-refractivity contribution is 0.623. The zero-order valence-electron chi connectivity index (χ0n) is 11.4. The van der Waals surface area contributed by atoms with Gasteiger partial charge in [0.2, 0.25) is 0 Å². The van der Waals surface area contributed by atoms with Gasteiger partial charge in [-0.3, -0.25) is 0 Å². The van der Waals surface area contributed by atoms with Gasteiger partial charge in [0.25, 0.3) is 0 Å². The molecule has 1 aromatic heterocycles. The van der Waals surface area contributed by atoms with Crippen molar-refractivity contribution in [1.82, 2.24) is 4.98 Å². The topological polar surface area (TPSA) is 24.9 Å². The van der Waals surface area contributed by atoms with Crippen molar-refractivity contribution in [3.8, 4) is 0 Å². The number of nitrogens with one attached hydrogen (secondary N) is 1. The first kappa shape index (κ1) is 13.1. The molecule has 0 fully saturated rings. The van der Waals surface area contributed by atoms with Crippen LogP contribution in [0.2, 0.25) is 0 Å². The van der Waals surface area contributed by atoms with Crippen LogP contribution in [-0.2, 0) is 0 Å². The molecule has 0 bridgehead atoms. The van der Waals surface area contributed by atoms with Crippen LogP contribution in [0.15, 0.2) is 42.5 Å². The number of anilines is 1. The van der Waals surface area contributed by atoms with Crippen LogP contribution in [0.5, 0.6) is 0 Å². The van der Waals surface area contributed by atoms with Gasteiger partial charge in [-0.2, -0.15) is 0 Å². The van der Waals surface area contributed by atoms with Crippen LogP contribution in [-0.4, -0.2) is 4.98 Å².